The van der Waals surface area contributed by atoms with Crippen molar-refractivity contribution in [3.8, 4) is 34.1 Å². The molecule has 0 radical (unpaired) electrons. The van der Waals surface area contributed by atoms with Crippen LogP contribution in [0.5, 0.6) is 23.0 Å². The quantitative estimate of drug-likeness (QED) is 0.238. The molecule has 0 saturated heterocycles. The average molecular weight is 428 g/mol. The second-order valence-electron chi connectivity index (χ2n) is 6.73. The summed E-state index contributed by atoms with van der Waals surface area (Å²) < 4.78 is 11.9. The Balaban J connectivity index is 1.66. The Morgan fingerprint density at radius 1 is 0.562 bits per heavy atom. The first-order valence-corrected chi connectivity index (χ1v) is 9.54. The molecule has 8 heteroatoms. The zero-order chi connectivity index (χ0) is 22.5. The highest BCUT2D eigenvalue weighted by Gasteiger charge is 2.12. The minimum atomic E-state index is -0.478. The molecular weight excluding hydrogens is 412 g/mol. The van der Waals surface area contributed by atoms with Crippen LogP contribution in [0.2, 0.25) is 0 Å². The molecule has 0 heterocycles. The maximum absolute atomic E-state index is 10.9. The summed E-state index contributed by atoms with van der Waals surface area (Å²) in [5, 5.41) is 21.7. The van der Waals surface area contributed by atoms with Gasteiger partial charge in [0.1, 0.15) is 23.0 Å². The maximum atomic E-state index is 10.9. The molecule has 0 N–H and O–H groups in total. The molecule has 8 nitrogen and oxygen atoms in total. The fourth-order valence-electron chi connectivity index (χ4n) is 3.04. The predicted octanol–water partition coefficient (Wildman–Crippen LogP) is 6.75. The third-order valence-electron chi connectivity index (χ3n) is 4.60. The molecular formula is C24H16N2O6. The van der Waals surface area contributed by atoms with E-state index in [9.17, 15) is 20.2 Å². The monoisotopic (exact) mass is 428 g/mol. The first-order valence-electron chi connectivity index (χ1n) is 9.54. The highest BCUT2D eigenvalue weighted by Crippen LogP contribution is 2.38. The van der Waals surface area contributed by atoms with E-state index >= 15 is 0 Å². The van der Waals surface area contributed by atoms with Crippen LogP contribution in [0.25, 0.3) is 11.1 Å². The number of rotatable bonds is 7. The van der Waals surface area contributed by atoms with Gasteiger partial charge >= 0.3 is 0 Å². The van der Waals surface area contributed by atoms with Gasteiger partial charge in [-0.2, -0.15) is 0 Å². The molecule has 0 aromatic heterocycles. The SMILES string of the molecule is O=[N+]([O-])c1ccc(Oc2ccc(-c3ccccc3)c(Oc3ccc([N+](=O)[O-])cc3)c2)cc1. The molecule has 0 atom stereocenters. The van der Waals surface area contributed by atoms with E-state index in [1.807, 2.05) is 36.4 Å². The minimum absolute atomic E-state index is 0.0287. The van der Waals surface area contributed by atoms with Crippen LogP contribution in [0, 0.1) is 20.2 Å². The van der Waals surface area contributed by atoms with Crippen LogP contribution in [0.15, 0.2) is 97.1 Å². The van der Waals surface area contributed by atoms with Crippen molar-refractivity contribution in [3.63, 3.8) is 0 Å². The van der Waals surface area contributed by atoms with E-state index in [2.05, 4.69) is 0 Å². The highest BCUT2D eigenvalue weighted by molar-refractivity contribution is 5.72. The fourth-order valence-corrected chi connectivity index (χ4v) is 3.04. The summed E-state index contributed by atoms with van der Waals surface area (Å²) in [4.78, 5) is 20.8. The Kier molecular flexibility index (Phi) is 5.76. The molecule has 0 unspecified atom stereocenters. The van der Waals surface area contributed by atoms with Gasteiger partial charge in [0.05, 0.1) is 9.85 Å². The van der Waals surface area contributed by atoms with Crippen molar-refractivity contribution in [2.75, 3.05) is 0 Å². The van der Waals surface area contributed by atoms with Crippen molar-refractivity contribution < 1.29 is 19.3 Å². The first-order chi connectivity index (χ1) is 15.5. The van der Waals surface area contributed by atoms with Crippen LogP contribution in [0.4, 0.5) is 11.4 Å². The lowest BCUT2D eigenvalue weighted by Gasteiger charge is -2.14. The molecule has 32 heavy (non-hydrogen) atoms. The van der Waals surface area contributed by atoms with Gasteiger partial charge in [0, 0.05) is 35.9 Å². The van der Waals surface area contributed by atoms with Crippen LogP contribution in [0.3, 0.4) is 0 Å². The molecule has 0 bridgehead atoms. The van der Waals surface area contributed by atoms with Crippen molar-refractivity contribution in [2.24, 2.45) is 0 Å². The Morgan fingerprint density at radius 3 is 1.59 bits per heavy atom. The van der Waals surface area contributed by atoms with Crippen LogP contribution in [-0.4, -0.2) is 9.85 Å². The Bertz CT molecular complexity index is 1260. The molecule has 0 saturated carbocycles. The summed E-state index contributed by atoms with van der Waals surface area (Å²) in [6, 6.07) is 26.5. The maximum Gasteiger partial charge on any atom is 0.269 e. The molecule has 0 aliphatic heterocycles. The van der Waals surface area contributed by atoms with Gasteiger partial charge in [-0.3, -0.25) is 20.2 Å². The van der Waals surface area contributed by atoms with Gasteiger partial charge in [-0.25, -0.2) is 0 Å². The van der Waals surface area contributed by atoms with Gasteiger partial charge in [-0.05, 0) is 42.0 Å². The molecule has 0 aliphatic carbocycles. The topological polar surface area (TPSA) is 105 Å². The van der Waals surface area contributed by atoms with Crippen LogP contribution < -0.4 is 9.47 Å². The van der Waals surface area contributed by atoms with Crippen LogP contribution >= 0.6 is 0 Å². The van der Waals surface area contributed by atoms with Crippen molar-refractivity contribution in [1.29, 1.82) is 0 Å². The largest absolute Gasteiger partial charge is 0.457 e. The van der Waals surface area contributed by atoms with E-state index < -0.39 is 9.85 Å². The van der Waals surface area contributed by atoms with Gasteiger partial charge in [0.15, 0.2) is 0 Å². The zero-order valence-electron chi connectivity index (χ0n) is 16.6. The normalized spacial score (nSPS) is 10.4. The molecule has 0 spiro atoms. The number of ether oxygens (including phenoxy) is 2. The van der Waals surface area contributed by atoms with E-state index in [1.165, 1.54) is 48.5 Å². The van der Waals surface area contributed by atoms with Gasteiger partial charge < -0.3 is 9.47 Å². The molecule has 0 aliphatic rings. The van der Waals surface area contributed by atoms with E-state index in [0.29, 0.717) is 23.0 Å². The molecule has 0 fully saturated rings. The second-order valence-corrected chi connectivity index (χ2v) is 6.73. The molecule has 4 rings (SSSR count). The Labute approximate surface area is 182 Å². The Hall–Kier alpha value is -4.72. The van der Waals surface area contributed by atoms with Gasteiger partial charge in [-0.15, -0.1) is 0 Å². The van der Waals surface area contributed by atoms with E-state index in [4.69, 9.17) is 9.47 Å². The van der Waals surface area contributed by atoms with Gasteiger partial charge in [0.2, 0.25) is 0 Å². The lowest BCUT2D eigenvalue weighted by atomic mass is 10.0. The van der Waals surface area contributed by atoms with Crippen molar-refractivity contribution in [3.05, 3.63) is 117 Å². The molecule has 4 aromatic rings. The third kappa shape index (κ3) is 4.71. The van der Waals surface area contributed by atoms with Crippen molar-refractivity contribution in [1.82, 2.24) is 0 Å². The first kappa shape index (κ1) is 20.5. The minimum Gasteiger partial charge on any atom is -0.457 e. The number of hydrogen-bond donors (Lipinski definition) is 0. The zero-order valence-corrected chi connectivity index (χ0v) is 16.6. The number of nitrogens with zero attached hydrogens (tertiary/aromatic N) is 2. The van der Waals surface area contributed by atoms with E-state index in [0.717, 1.165) is 11.1 Å². The van der Waals surface area contributed by atoms with Crippen LogP contribution in [0.1, 0.15) is 0 Å². The number of hydrogen-bond acceptors (Lipinski definition) is 6. The number of nitro groups is 2. The fraction of sp³-hybridized carbons (Fsp3) is 0. The van der Waals surface area contributed by atoms with E-state index in [-0.39, 0.29) is 11.4 Å². The number of nitro benzene ring substituents is 2. The van der Waals surface area contributed by atoms with Crippen molar-refractivity contribution in [2.45, 2.75) is 0 Å². The van der Waals surface area contributed by atoms with Crippen LogP contribution in [-0.2, 0) is 0 Å². The smallest absolute Gasteiger partial charge is 0.269 e. The second kappa shape index (κ2) is 8.97. The predicted molar refractivity (Wildman–Crippen MR) is 118 cm³/mol. The highest BCUT2D eigenvalue weighted by atomic mass is 16.6. The summed E-state index contributed by atoms with van der Waals surface area (Å²) in [6.07, 6.45) is 0. The number of non-ortho nitro benzene ring substituents is 2. The summed E-state index contributed by atoms with van der Waals surface area (Å²) >= 11 is 0. The number of benzene rings is 4. The lowest BCUT2D eigenvalue weighted by Crippen LogP contribution is -1.92. The Morgan fingerprint density at radius 2 is 1.06 bits per heavy atom. The van der Waals surface area contributed by atoms with Gasteiger partial charge in [0.25, 0.3) is 11.4 Å². The summed E-state index contributed by atoms with van der Waals surface area (Å²) in [7, 11) is 0. The standard InChI is InChI=1S/C24H16N2O6/c27-25(28)18-6-10-20(11-7-18)31-22-14-15-23(17-4-2-1-3-5-17)24(16-22)32-21-12-8-19(9-13-21)26(29)30/h1-16H. The van der Waals surface area contributed by atoms with E-state index in [1.54, 1.807) is 12.1 Å². The summed E-state index contributed by atoms with van der Waals surface area (Å²) in [6.45, 7) is 0. The summed E-state index contributed by atoms with van der Waals surface area (Å²) in [5.74, 6) is 1.82. The van der Waals surface area contributed by atoms with Crippen molar-refractivity contribution >= 4 is 11.4 Å². The molecule has 158 valence electrons. The molecule has 4 aromatic carbocycles. The lowest BCUT2D eigenvalue weighted by molar-refractivity contribution is -0.385. The average Bonchev–Trinajstić information content (AvgIpc) is 2.80. The third-order valence-corrected chi connectivity index (χ3v) is 4.60. The van der Waals surface area contributed by atoms with Gasteiger partial charge in [-0.1, -0.05) is 30.3 Å². The summed E-state index contributed by atoms with van der Waals surface area (Å²) in [5.41, 5.74) is 1.67. The molecule has 0 amide bonds.